The zero-order valence-corrected chi connectivity index (χ0v) is 14.8. The molecule has 2 aromatic carbocycles. The predicted molar refractivity (Wildman–Crippen MR) is 98.0 cm³/mol. The number of fused-ring (bicyclic) bond motifs is 1. The molecule has 4 heteroatoms. The lowest BCUT2D eigenvalue weighted by molar-refractivity contribution is -0.124. The number of hydrogen-bond acceptors (Lipinski definition) is 3. The van der Waals surface area contributed by atoms with Crippen molar-refractivity contribution in [2.45, 2.75) is 32.3 Å². The van der Waals surface area contributed by atoms with Crippen molar-refractivity contribution >= 4 is 5.91 Å². The van der Waals surface area contributed by atoms with E-state index < -0.39 is 0 Å². The summed E-state index contributed by atoms with van der Waals surface area (Å²) in [5.74, 6) is 1.65. The predicted octanol–water partition coefficient (Wildman–Crippen LogP) is 3.77. The number of rotatable bonds is 6. The van der Waals surface area contributed by atoms with E-state index in [0.29, 0.717) is 13.2 Å². The van der Waals surface area contributed by atoms with Crippen LogP contribution >= 0.6 is 0 Å². The number of ether oxygens (including phenoxy) is 2. The van der Waals surface area contributed by atoms with E-state index in [1.165, 1.54) is 0 Å². The molecule has 0 saturated heterocycles. The third kappa shape index (κ3) is 4.13. The standard InChI is InChI=1S/C21H25NO3/c1-3-15(2)20(16-9-5-4-6-10-16)21(23)22-13-17-14-24-18-11-7-8-12-19(18)25-17/h4-12,15,17,20H,3,13-14H2,1-2H3,(H,22,23). The highest BCUT2D eigenvalue weighted by atomic mass is 16.6. The zero-order valence-electron chi connectivity index (χ0n) is 14.8. The topological polar surface area (TPSA) is 47.6 Å². The van der Waals surface area contributed by atoms with Gasteiger partial charge in [-0.3, -0.25) is 4.79 Å². The monoisotopic (exact) mass is 339 g/mol. The smallest absolute Gasteiger partial charge is 0.227 e. The average Bonchev–Trinajstić information content (AvgIpc) is 2.67. The Morgan fingerprint density at radius 2 is 1.80 bits per heavy atom. The minimum Gasteiger partial charge on any atom is -0.486 e. The molecule has 0 saturated carbocycles. The molecule has 4 nitrogen and oxygen atoms in total. The van der Waals surface area contributed by atoms with E-state index in [-0.39, 0.29) is 23.8 Å². The van der Waals surface area contributed by atoms with Gasteiger partial charge in [-0.15, -0.1) is 0 Å². The number of nitrogens with one attached hydrogen (secondary N) is 1. The van der Waals surface area contributed by atoms with Crippen LogP contribution in [-0.2, 0) is 4.79 Å². The Labute approximate surface area is 149 Å². The van der Waals surface area contributed by atoms with E-state index >= 15 is 0 Å². The molecule has 0 bridgehead atoms. The van der Waals surface area contributed by atoms with E-state index in [9.17, 15) is 4.79 Å². The van der Waals surface area contributed by atoms with Crippen molar-refractivity contribution in [3.63, 3.8) is 0 Å². The van der Waals surface area contributed by atoms with Crippen molar-refractivity contribution in [2.24, 2.45) is 5.92 Å². The molecule has 1 amide bonds. The lowest BCUT2D eigenvalue weighted by Crippen LogP contribution is -2.43. The van der Waals surface area contributed by atoms with Gasteiger partial charge >= 0.3 is 0 Å². The maximum atomic E-state index is 12.8. The average molecular weight is 339 g/mol. The van der Waals surface area contributed by atoms with Crippen LogP contribution in [0.1, 0.15) is 31.7 Å². The van der Waals surface area contributed by atoms with Crippen molar-refractivity contribution in [1.82, 2.24) is 5.32 Å². The Kier molecular flexibility index (Phi) is 5.59. The fourth-order valence-electron chi connectivity index (χ4n) is 3.12. The molecule has 132 valence electrons. The highest BCUT2D eigenvalue weighted by Gasteiger charge is 2.27. The number of hydrogen-bond donors (Lipinski definition) is 1. The van der Waals surface area contributed by atoms with Gasteiger partial charge in [0.05, 0.1) is 12.5 Å². The first-order valence-electron chi connectivity index (χ1n) is 8.90. The van der Waals surface area contributed by atoms with Crippen LogP contribution in [0.2, 0.25) is 0 Å². The largest absolute Gasteiger partial charge is 0.486 e. The van der Waals surface area contributed by atoms with E-state index in [1.807, 2.05) is 54.6 Å². The lowest BCUT2D eigenvalue weighted by atomic mass is 9.85. The van der Waals surface area contributed by atoms with Crippen LogP contribution in [0.4, 0.5) is 0 Å². The molecule has 3 rings (SSSR count). The van der Waals surface area contributed by atoms with Gasteiger partial charge in [0.25, 0.3) is 0 Å². The van der Waals surface area contributed by atoms with Crippen LogP contribution < -0.4 is 14.8 Å². The van der Waals surface area contributed by atoms with E-state index in [2.05, 4.69) is 19.2 Å². The number of benzene rings is 2. The lowest BCUT2D eigenvalue weighted by Gasteiger charge is -2.28. The Balaban J connectivity index is 1.63. The van der Waals surface area contributed by atoms with Crippen molar-refractivity contribution < 1.29 is 14.3 Å². The number of para-hydroxylation sites is 2. The van der Waals surface area contributed by atoms with Crippen molar-refractivity contribution in [1.29, 1.82) is 0 Å². The summed E-state index contributed by atoms with van der Waals surface area (Å²) in [4.78, 5) is 12.8. The van der Waals surface area contributed by atoms with Crippen molar-refractivity contribution in [3.05, 3.63) is 60.2 Å². The van der Waals surface area contributed by atoms with Crippen LogP contribution in [0.5, 0.6) is 11.5 Å². The Morgan fingerprint density at radius 1 is 1.12 bits per heavy atom. The molecule has 3 atom stereocenters. The fourth-order valence-corrected chi connectivity index (χ4v) is 3.12. The van der Waals surface area contributed by atoms with Crippen LogP contribution in [-0.4, -0.2) is 25.2 Å². The number of carbonyl (C=O) groups excluding carboxylic acids is 1. The molecular formula is C21H25NO3. The molecular weight excluding hydrogens is 314 g/mol. The van der Waals surface area contributed by atoms with E-state index in [1.54, 1.807) is 0 Å². The quantitative estimate of drug-likeness (QED) is 0.871. The van der Waals surface area contributed by atoms with Gasteiger partial charge in [0.2, 0.25) is 5.91 Å². The number of carbonyl (C=O) groups is 1. The molecule has 0 fully saturated rings. The molecule has 0 aliphatic carbocycles. The first-order valence-corrected chi connectivity index (χ1v) is 8.90. The molecule has 1 heterocycles. The summed E-state index contributed by atoms with van der Waals surface area (Å²) in [5.41, 5.74) is 1.06. The Hall–Kier alpha value is -2.49. The summed E-state index contributed by atoms with van der Waals surface area (Å²) < 4.78 is 11.6. The second-order valence-corrected chi connectivity index (χ2v) is 6.52. The first kappa shape index (κ1) is 17.3. The Morgan fingerprint density at radius 3 is 2.52 bits per heavy atom. The van der Waals surface area contributed by atoms with Gasteiger partial charge < -0.3 is 14.8 Å². The van der Waals surface area contributed by atoms with Gasteiger partial charge in [-0.2, -0.15) is 0 Å². The van der Waals surface area contributed by atoms with Gasteiger partial charge in [-0.1, -0.05) is 62.7 Å². The highest BCUT2D eigenvalue weighted by molar-refractivity contribution is 5.84. The fraction of sp³-hybridized carbons (Fsp3) is 0.381. The summed E-state index contributed by atoms with van der Waals surface area (Å²) in [6.07, 6.45) is 0.774. The molecule has 3 unspecified atom stereocenters. The van der Waals surface area contributed by atoms with Crippen LogP contribution in [0, 0.1) is 5.92 Å². The van der Waals surface area contributed by atoms with Crippen LogP contribution in [0.3, 0.4) is 0 Å². The third-order valence-electron chi connectivity index (χ3n) is 4.73. The zero-order chi connectivity index (χ0) is 17.6. The summed E-state index contributed by atoms with van der Waals surface area (Å²) in [7, 11) is 0. The molecule has 2 aromatic rings. The van der Waals surface area contributed by atoms with Crippen molar-refractivity contribution in [3.8, 4) is 11.5 Å². The van der Waals surface area contributed by atoms with E-state index in [0.717, 1.165) is 23.5 Å². The first-order chi connectivity index (χ1) is 12.2. The number of amides is 1. The SMILES string of the molecule is CCC(C)C(C(=O)NCC1COc2ccccc2O1)c1ccccc1. The van der Waals surface area contributed by atoms with Gasteiger partial charge in [-0.25, -0.2) is 0 Å². The molecule has 0 aromatic heterocycles. The van der Waals surface area contributed by atoms with Crippen molar-refractivity contribution in [2.75, 3.05) is 13.2 Å². The molecule has 1 N–H and O–H groups in total. The molecule has 0 spiro atoms. The minimum absolute atomic E-state index is 0.0445. The second-order valence-electron chi connectivity index (χ2n) is 6.52. The van der Waals surface area contributed by atoms with Crippen LogP contribution in [0.15, 0.2) is 54.6 Å². The maximum absolute atomic E-state index is 12.8. The molecule has 1 aliphatic rings. The molecule has 0 radical (unpaired) electrons. The van der Waals surface area contributed by atoms with E-state index in [4.69, 9.17) is 9.47 Å². The van der Waals surface area contributed by atoms with Crippen LogP contribution in [0.25, 0.3) is 0 Å². The third-order valence-corrected chi connectivity index (χ3v) is 4.73. The summed E-state index contributed by atoms with van der Waals surface area (Å²) in [6.45, 7) is 5.11. The molecule has 25 heavy (non-hydrogen) atoms. The second kappa shape index (κ2) is 8.06. The highest BCUT2D eigenvalue weighted by Crippen LogP contribution is 2.31. The van der Waals surface area contributed by atoms with Gasteiger partial charge in [0.15, 0.2) is 11.5 Å². The summed E-state index contributed by atoms with van der Waals surface area (Å²) in [6, 6.07) is 17.6. The summed E-state index contributed by atoms with van der Waals surface area (Å²) >= 11 is 0. The Bertz CT molecular complexity index is 701. The minimum atomic E-state index is -0.174. The van der Waals surface area contributed by atoms with Gasteiger partial charge in [-0.05, 0) is 23.6 Å². The van der Waals surface area contributed by atoms with Gasteiger partial charge in [0.1, 0.15) is 12.7 Å². The maximum Gasteiger partial charge on any atom is 0.227 e. The normalized spacial score (nSPS) is 18.2. The molecule has 1 aliphatic heterocycles. The summed E-state index contributed by atoms with van der Waals surface area (Å²) in [5, 5.41) is 3.05. The van der Waals surface area contributed by atoms with Gasteiger partial charge in [0, 0.05) is 0 Å².